The number of halogens is 1. The molecule has 0 spiro atoms. The van der Waals surface area contributed by atoms with Gasteiger partial charge in [0, 0.05) is 11.5 Å². The summed E-state index contributed by atoms with van der Waals surface area (Å²) in [7, 11) is 0. The van der Waals surface area contributed by atoms with Gasteiger partial charge in [-0.05, 0) is 12.8 Å². The Hall–Kier alpha value is -0.240. The van der Waals surface area contributed by atoms with Crippen LogP contribution in [0.15, 0.2) is 0 Å². The predicted octanol–water partition coefficient (Wildman–Crippen LogP) is 2.70. The fourth-order valence-corrected chi connectivity index (χ4v) is 1.98. The van der Waals surface area contributed by atoms with Crippen LogP contribution >= 0.6 is 11.6 Å². The molecule has 82 valence electrons. The van der Waals surface area contributed by atoms with Gasteiger partial charge in [0.15, 0.2) is 0 Å². The maximum Gasteiger partial charge on any atom is 0.225 e. The quantitative estimate of drug-likeness (QED) is 0.673. The lowest BCUT2D eigenvalue weighted by molar-refractivity contribution is -0.129. The molecule has 0 aromatic carbocycles. The second-order valence-electron chi connectivity index (χ2n) is 5.13. The zero-order valence-electron chi connectivity index (χ0n) is 9.27. The van der Waals surface area contributed by atoms with Crippen LogP contribution in [0, 0.1) is 5.41 Å². The summed E-state index contributed by atoms with van der Waals surface area (Å²) >= 11 is 6.16. The van der Waals surface area contributed by atoms with Crippen LogP contribution in [0.1, 0.15) is 46.5 Å². The molecule has 2 nitrogen and oxygen atoms in total. The van der Waals surface area contributed by atoms with Gasteiger partial charge in [-0.25, -0.2) is 0 Å². The van der Waals surface area contributed by atoms with E-state index in [0.717, 1.165) is 12.8 Å². The predicted molar refractivity (Wildman–Crippen MR) is 59.5 cm³/mol. The van der Waals surface area contributed by atoms with Gasteiger partial charge in [0.25, 0.3) is 0 Å². The molecule has 0 bridgehead atoms. The van der Waals surface area contributed by atoms with Crippen molar-refractivity contribution in [1.29, 1.82) is 0 Å². The van der Waals surface area contributed by atoms with Crippen molar-refractivity contribution in [2.45, 2.75) is 57.9 Å². The number of amides is 1. The van der Waals surface area contributed by atoms with E-state index < -0.39 is 0 Å². The fourth-order valence-electron chi connectivity index (χ4n) is 1.63. The van der Waals surface area contributed by atoms with Crippen molar-refractivity contribution in [3.63, 3.8) is 0 Å². The minimum atomic E-state index is -0.311. The summed E-state index contributed by atoms with van der Waals surface area (Å²) in [5.74, 6) is 0.107. The second kappa shape index (κ2) is 4.52. The number of alkyl halides is 1. The van der Waals surface area contributed by atoms with E-state index in [0.29, 0.717) is 0 Å². The van der Waals surface area contributed by atoms with Crippen molar-refractivity contribution >= 4 is 17.5 Å². The normalized spacial score (nSPS) is 28.6. The monoisotopic (exact) mass is 217 g/mol. The maximum absolute atomic E-state index is 11.7. The van der Waals surface area contributed by atoms with Crippen LogP contribution in [-0.4, -0.2) is 17.3 Å². The number of rotatable bonds is 1. The highest BCUT2D eigenvalue weighted by Gasteiger charge is 2.28. The van der Waals surface area contributed by atoms with Crippen LogP contribution in [0.3, 0.4) is 0 Å². The fraction of sp³-hybridized carbons (Fsp3) is 0.909. The zero-order chi connectivity index (χ0) is 10.8. The molecule has 0 aliphatic heterocycles. The Morgan fingerprint density at radius 2 is 1.86 bits per heavy atom. The molecule has 1 fully saturated rings. The molecule has 1 amide bonds. The van der Waals surface area contributed by atoms with Crippen LogP contribution < -0.4 is 5.32 Å². The number of carbonyl (C=O) groups is 1. The summed E-state index contributed by atoms with van der Waals surface area (Å²) in [6.07, 6.45) is 4.42. The van der Waals surface area contributed by atoms with Gasteiger partial charge < -0.3 is 5.32 Å². The van der Waals surface area contributed by atoms with Crippen molar-refractivity contribution in [1.82, 2.24) is 5.32 Å². The molecule has 1 N–H and O–H groups in total. The highest BCUT2D eigenvalue weighted by Crippen LogP contribution is 2.24. The van der Waals surface area contributed by atoms with E-state index in [1.54, 1.807) is 0 Å². The Morgan fingerprint density at radius 3 is 2.36 bits per heavy atom. The molecule has 0 radical (unpaired) electrons. The van der Waals surface area contributed by atoms with Crippen LogP contribution in [0.5, 0.6) is 0 Å². The van der Waals surface area contributed by atoms with E-state index in [-0.39, 0.29) is 22.7 Å². The Labute approximate surface area is 91.4 Å². The standard InChI is InChI=1S/C11H20ClNO/c1-11(2,3)10(14)13-9-7-5-4-6-8(9)12/h8-9H,4-7H2,1-3H3,(H,13,14). The van der Waals surface area contributed by atoms with Crippen LogP contribution in [0.2, 0.25) is 0 Å². The van der Waals surface area contributed by atoms with Crippen molar-refractivity contribution in [2.75, 3.05) is 0 Å². The molecule has 14 heavy (non-hydrogen) atoms. The van der Waals surface area contributed by atoms with E-state index in [1.807, 2.05) is 20.8 Å². The van der Waals surface area contributed by atoms with E-state index in [4.69, 9.17) is 11.6 Å². The summed E-state index contributed by atoms with van der Waals surface area (Å²) in [6.45, 7) is 5.77. The highest BCUT2D eigenvalue weighted by molar-refractivity contribution is 6.21. The molecule has 1 rings (SSSR count). The topological polar surface area (TPSA) is 29.1 Å². The SMILES string of the molecule is CC(C)(C)C(=O)NC1CCCCC1Cl. The van der Waals surface area contributed by atoms with Gasteiger partial charge in [-0.2, -0.15) is 0 Å². The van der Waals surface area contributed by atoms with E-state index in [2.05, 4.69) is 5.32 Å². The van der Waals surface area contributed by atoms with Crippen molar-refractivity contribution in [3.8, 4) is 0 Å². The molecular formula is C11H20ClNO. The lowest BCUT2D eigenvalue weighted by Crippen LogP contribution is -2.47. The molecule has 0 saturated heterocycles. The van der Waals surface area contributed by atoms with E-state index in [1.165, 1.54) is 12.8 Å². The van der Waals surface area contributed by atoms with Crippen molar-refractivity contribution < 1.29 is 4.79 Å². The largest absolute Gasteiger partial charge is 0.351 e. The third kappa shape index (κ3) is 3.16. The van der Waals surface area contributed by atoms with Gasteiger partial charge in [-0.1, -0.05) is 33.6 Å². The molecule has 0 aromatic rings. The summed E-state index contributed by atoms with van der Waals surface area (Å²) < 4.78 is 0. The first-order valence-corrected chi connectivity index (χ1v) is 5.80. The lowest BCUT2D eigenvalue weighted by Gasteiger charge is -2.30. The molecule has 2 unspecified atom stereocenters. The average Bonchev–Trinajstić information content (AvgIpc) is 2.07. The first-order chi connectivity index (χ1) is 6.41. The number of carbonyl (C=O) groups excluding carboxylic acids is 1. The molecule has 0 aromatic heterocycles. The van der Waals surface area contributed by atoms with Gasteiger partial charge in [-0.15, -0.1) is 11.6 Å². The highest BCUT2D eigenvalue weighted by atomic mass is 35.5. The Kier molecular flexibility index (Phi) is 3.82. The summed E-state index contributed by atoms with van der Waals surface area (Å²) in [5.41, 5.74) is -0.311. The van der Waals surface area contributed by atoms with E-state index in [9.17, 15) is 4.79 Å². The zero-order valence-corrected chi connectivity index (χ0v) is 10.0. The van der Waals surface area contributed by atoms with Gasteiger partial charge >= 0.3 is 0 Å². The summed E-state index contributed by atoms with van der Waals surface area (Å²) in [5, 5.41) is 3.16. The summed E-state index contributed by atoms with van der Waals surface area (Å²) in [6, 6.07) is 0.178. The van der Waals surface area contributed by atoms with E-state index >= 15 is 0 Å². The minimum absolute atomic E-state index is 0.107. The summed E-state index contributed by atoms with van der Waals surface area (Å²) in [4.78, 5) is 11.7. The lowest BCUT2D eigenvalue weighted by atomic mass is 9.91. The van der Waals surface area contributed by atoms with Crippen LogP contribution in [0.25, 0.3) is 0 Å². The molecular weight excluding hydrogens is 198 g/mol. The third-order valence-corrected chi connectivity index (χ3v) is 3.20. The Morgan fingerprint density at radius 1 is 1.29 bits per heavy atom. The first kappa shape index (κ1) is 11.8. The Balaban J connectivity index is 2.46. The molecule has 1 aliphatic rings. The average molecular weight is 218 g/mol. The second-order valence-corrected chi connectivity index (χ2v) is 5.69. The molecule has 1 saturated carbocycles. The van der Waals surface area contributed by atoms with Gasteiger partial charge in [-0.3, -0.25) is 4.79 Å². The van der Waals surface area contributed by atoms with Crippen LogP contribution in [0.4, 0.5) is 0 Å². The smallest absolute Gasteiger partial charge is 0.225 e. The number of hydrogen-bond acceptors (Lipinski definition) is 1. The molecule has 1 aliphatic carbocycles. The van der Waals surface area contributed by atoms with Gasteiger partial charge in [0.1, 0.15) is 0 Å². The minimum Gasteiger partial charge on any atom is -0.351 e. The van der Waals surface area contributed by atoms with Gasteiger partial charge in [0.2, 0.25) is 5.91 Å². The number of nitrogens with one attached hydrogen (secondary N) is 1. The Bertz CT molecular complexity index is 210. The molecule has 2 atom stereocenters. The third-order valence-electron chi connectivity index (χ3n) is 2.68. The van der Waals surface area contributed by atoms with Crippen molar-refractivity contribution in [3.05, 3.63) is 0 Å². The van der Waals surface area contributed by atoms with Crippen LogP contribution in [-0.2, 0) is 4.79 Å². The molecule has 3 heteroatoms. The van der Waals surface area contributed by atoms with Gasteiger partial charge in [0.05, 0.1) is 5.38 Å². The van der Waals surface area contributed by atoms with Crippen molar-refractivity contribution in [2.24, 2.45) is 5.41 Å². The maximum atomic E-state index is 11.7. The molecule has 0 heterocycles. The number of hydrogen-bond donors (Lipinski definition) is 1. The first-order valence-electron chi connectivity index (χ1n) is 5.36.